The normalized spacial score (nSPS) is 23.1. The fraction of sp³-hybridized carbons (Fsp3) is 0.571. The maximum atomic E-state index is 12.4. The second kappa shape index (κ2) is 11.5. The molecule has 0 spiro atoms. The van der Waals surface area contributed by atoms with Gasteiger partial charge >= 0.3 is 65.9 Å². The quantitative estimate of drug-likeness (QED) is 0.240. The van der Waals surface area contributed by atoms with Gasteiger partial charge < -0.3 is 45.3 Å². The summed E-state index contributed by atoms with van der Waals surface area (Å²) in [6.07, 6.45) is 0.139. The standard InChI is InChI=1S/C21H30BN4O8.2Na/c1-21(23,20(30)24-7-16(27)25(2)3)10-26-8-11(9-26)33-15-5-4-12-13-6-14(13)22(31,32)34-18(12)17(15)19(28)29;;/h4-5,11,13-14,31-32H,6-10,23H2,1-3H3,(H,24,30)(H,28,29);;/q-1;2*+1/p-1/t13-,14-,21+;;/m0../s1. The fourth-order valence-electron chi connectivity index (χ4n) is 4.56. The van der Waals surface area contributed by atoms with E-state index in [1.54, 1.807) is 27.1 Å². The number of carbonyl (C=O) groups is 3. The van der Waals surface area contributed by atoms with E-state index >= 15 is 0 Å². The summed E-state index contributed by atoms with van der Waals surface area (Å²) in [6, 6.07) is 3.21. The number of amides is 2. The zero-order chi connectivity index (χ0) is 25.0. The number of hydrogen-bond acceptors (Lipinski definition) is 10. The summed E-state index contributed by atoms with van der Waals surface area (Å²) < 4.78 is 11.1. The van der Waals surface area contributed by atoms with Crippen molar-refractivity contribution in [3.63, 3.8) is 0 Å². The third kappa shape index (κ3) is 6.40. The molecule has 5 N–H and O–H groups in total. The van der Waals surface area contributed by atoms with Gasteiger partial charge in [0.15, 0.2) is 0 Å². The van der Waals surface area contributed by atoms with E-state index in [1.807, 2.05) is 4.90 Å². The van der Waals surface area contributed by atoms with Crippen molar-refractivity contribution in [3.8, 4) is 11.5 Å². The summed E-state index contributed by atoms with van der Waals surface area (Å²) in [5.41, 5.74) is 5.16. The number of nitrogens with one attached hydrogen (secondary N) is 1. The number of likely N-dealkylation sites (N-methyl/N-ethyl adjacent to an activating group) is 1. The van der Waals surface area contributed by atoms with Crippen LogP contribution in [0.1, 0.15) is 35.2 Å². The summed E-state index contributed by atoms with van der Waals surface area (Å²) in [4.78, 5) is 39.2. The molecule has 3 aliphatic rings. The molecule has 1 aliphatic carbocycles. The van der Waals surface area contributed by atoms with Crippen LogP contribution in [-0.2, 0) is 9.59 Å². The fourth-order valence-corrected chi connectivity index (χ4v) is 4.56. The number of carbonyl (C=O) groups excluding carboxylic acids is 3. The molecule has 1 aromatic rings. The van der Waals surface area contributed by atoms with Crippen LogP contribution in [0.5, 0.6) is 11.5 Å². The number of rotatable bonds is 8. The Morgan fingerprint density at radius 3 is 2.53 bits per heavy atom. The van der Waals surface area contributed by atoms with Crippen LogP contribution >= 0.6 is 0 Å². The van der Waals surface area contributed by atoms with Crippen LogP contribution in [0.2, 0.25) is 5.82 Å². The molecule has 12 nitrogen and oxygen atoms in total. The Hall–Kier alpha value is -0.865. The van der Waals surface area contributed by atoms with Crippen molar-refractivity contribution in [3.05, 3.63) is 23.3 Å². The van der Waals surface area contributed by atoms with E-state index in [2.05, 4.69) is 5.32 Å². The van der Waals surface area contributed by atoms with Crippen LogP contribution in [0.3, 0.4) is 0 Å². The second-order valence-electron chi connectivity index (χ2n) is 9.85. The summed E-state index contributed by atoms with van der Waals surface area (Å²) in [5.74, 6) is -2.94. The molecular formula is C21H29BN4Na2O8. The van der Waals surface area contributed by atoms with Crippen molar-refractivity contribution in [2.45, 2.75) is 36.7 Å². The topological polar surface area (TPSA) is 178 Å². The van der Waals surface area contributed by atoms with E-state index in [9.17, 15) is 29.5 Å². The summed E-state index contributed by atoms with van der Waals surface area (Å²) in [6.45, 7) is -0.743. The van der Waals surface area contributed by atoms with Crippen molar-refractivity contribution >= 4 is 24.5 Å². The second-order valence-corrected chi connectivity index (χ2v) is 9.85. The molecule has 1 saturated heterocycles. The average molecular weight is 522 g/mol. The van der Waals surface area contributed by atoms with Crippen molar-refractivity contribution in [1.82, 2.24) is 15.1 Å². The van der Waals surface area contributed by atoms with Crippen LogP contribution in [0, 0.1) is 0 Å². The molecule has 3 atom stereocenters. The number of nitrogens with two attached hydrogens (primary N) is 1. The Balaban J connectivity index is 0.00000228. The number of hydrogen-bond donors (Lipinski definition) is 4. The van der Waals surface area contributed by atoms with Gasteiger partial charge in [0, 0.05) is 33.7 Å². The molecular weight excluding hydrogens is 493 g/mol. The van der Waals surface area contributed by atoms with Crippen LogP contribution in [0.25, 0.3) is 0 Å². The van der Waals surface area contributed by atoms with Crippen LogP contribution in [0.15, 0.2) is 12.1 Å². The van der Waals surface area contributed by atoms with Gasteiger partial charge in [0.05, 0.1) is 23.8 Å². The summed E-state index contributed by atoms with van der Waals surface area (Å²) in [7, 11) is 3.18. The average Bonchev–Trinajstić information content (AvgIpc) is 3.51. The third-order valence-corrected chi connectivity index (χ3v) is 6.63. The molecule has 2 aliphatic heterocycles. The number of nitrogens with zero attached hydrogens (tertiary/aromatic N) is 2. The minimum atomic E-state index is -3.14. The number of carboxylic acids is 1. The Kier molecular flexibility index (Phi) is 10.00. The van der Waals surface area contributed by atoms with E-state index < -0.39 is 30.0 Å². The number of carboxylic acid groups (broad SMARTS) is 1. The molecule has 0 radical (unpaired) electrons. The Morgan fingerprint density at radius 1 is 1.31 bits per heavy atom. The van der Waals surface area contributed by atoms with Gasteiger partial charge in [-0.05, 0) is 24.5 Å². The molecule has 0 unspecified atom stereocenters. The maximum absolute atomic E-state index is 12.4. The van der Waals surface area contributed by atoms with Gasteiger partial charge in [-0.1, -0.05) is 18.3 Å². The van der Waals surface area contributed by atoms with Gasteiger partial charge in [0.1, 0.15) is 17.4 Å². The molecule has 2 fully saturated rings. The monoisotopic (exact) mass is 522 g/mol. The van der Waals surface area contributed by atoms with Gasteiger partial charge in [-0.25, -0.2) is 0 Å². The molecule has 2 amide bonds. The maximum Gasteiger partial charge on any atom is 1.00 e. The Bertz CT molecular complexity index is 1040. The van der Waals surface area contributed by atoms with E-state index in [0.29, 0.717) is 25.1 Å². The molecule has 2 heterocycles. The molecule has 0 bridgehead atoms. The van der Waals surface area contributed by atoms with Gasteiger partial charge in [0.2, 0.25) is 11.8 Å². The SMILES string of the molecule is CN(C)C(=O)CNC(=O)[C@](C)(N)CN1CC(Oc2ccc3c(c2C(=O)[O-])O[B-](O)(O)[C@H]2C[C@@H]32)C1.[Na+].[Na+]. The van der Waals surface area contributed by atoms with Crippen molar-refractivity contribution in [1.29, 1.82) is 0 Å². The first-order valence-corrected chi connectivity index (χ1v) is 11.1. The minimum Gasteiger partial charge on any atom is -0.669 e. The van der Waals surface area contributed by atoms with Crippen LogP contribution < -0.4 is 84.7 Å². The van der Waals surface area contributed by atoms with E-state index in [1.165, 1.54) is 11.0 Å². The van der Waals surface area contributed by atoms with Crippen LogP contribution in [0.4, 0.5) is 0 Å². The predicted octanol–water partition coefficient (Wildman–Crippen LogP) is -8.78. The Morgan fingerprint density at radius 2 is 1.94 bits per heavy atom. The molecule has 186 valence electrons. The molecule has 1 aromatic carbocycles. The summed E-state index contributed by atoms with van der Waals surface area (Å²) in [5, 5.41) is 34.6. The van der Waals surface area contributed by atoms with E-state index in [4.69, 9.17) is 15.1 Å². The zero-order valence-electron chi connectivity index (χ0n) is 21.3. The van der Waals surface area contributed by atoms with E-state index in [-0.39, 0.29) is 107 Å². The number of fused-ring (bicyclic) bond motifs is 3. The number of likely N-dealkylation sites (tertiary alicyclic amines) is 1. The Labute approximate surface area is 253 Å². The molecule has 1 saturated carbocycles. The first-order valence-electron chi connectivity index (χ1n) is 11.1. The van der Waals surface area contributed by atoms with Gasteiger partial charge in [0.25, 0.3) is 0 Å². The molecule has 4 rings (SSSR count). The van der Waals surface area contributed by atoms with Gasteiger partial charge in [-0.2, -0.15) is 0 Å². The van der Waals surface area contributed by atoms with Gasteiger partial charge in [-0.3, -0.25) is 14.5 Å². The first-order chi connectivity index (χ1) is 15.8. The zero-order valence-corrected chi connectivity index (χ0v) is 25.3. The van der Waals surface area contributed by atoms with Crippen molar-refractivity contribution in [2.75, 3.05) is 40.3 Å². The molecule has 0 aromatic heterocycles. The number of benzene rings is 1. The van der Waals surface area contributed by atoms with Crippen molar-refractivity contribution in [2.24, 2.45) is 5.73 Å². The summed E-state index contributed by atoms with van der Waals surface area (Å²) >= 11 is 0. The predicted molar refractivity (Wildman–Crippen MR) is 118 cm³/mol. The minimum absolute atomic E-state index is 0. The number of aromatic carboxylic acids is 1. The molecule has 15 heteroatoms. The smallest absolute Gasteiger partial charge is 0.669 e. The van der Waals surface area contributed by atoms with Gasteiger partial charge in [-0.15, -0.1) is 0 Å². The molecule has 36 heavy (non-hydrogen) atoms. The first kappa shape index (κ1) is 31.4. The van der Waals surface area contributed by atoms with Crippen molar-refractivity contribution < 1.29 is 98.0 Å². The van der Waals surface area contributed by atoms with Crippen LogP contribution in [-0.4, -0.2) is 96.3 Å². The third-order valence-electron chi connectivity index (χ3n) is 6.63. The largest absolute Gasteiger partial charge is 1.00 e. The number of ether oxygens (including phenoxy) is 1. The van der Waals surface area contributed by atoms with E-state index in [0.717, 1.165) is 0 Å².